The Kier molecular flexibility index (Phi) is 51.8. The van der Waals surface area contributed by atoms with Crippen molar-refractivity contribution in [1.82, 2.24) is 10.6 Å². The fourth-order valence-corrected chi connectivity index (χ4v) is 19.3. The first-order valence-corrected chi connectivity index (χ1v) is 60.3. The molecule has 7 aliphatic rings. The molecule has 0 heterocycles. The molecule has 5 saturated carbocycles. The molecule has 0 bridgehead atoms. The van der Waals surface area contributed by atoms with E-state index >= 15 is 0 Å². The Bertz CT molecular complexity index is 3950. The molecule has 2 amide bonds. The summed E-state index contributed by atoms with van der Waals surface area (Å²) in [6, 6.07) is -2.69. The van der Waals surface area contributed by atoms with Crippen LogP contribution in [-0.4, -0.2) is 215 Å². The Labute approximate surface area is 741 Å². The van der Waals surface area contributed by atoms with Crippen LogP contribution in [0.1, 0.15) is 259 Å². The molecule has 17 atom stereocenters. The molecular formula is C79H157N14O23RuS2Si4-. The number of aliphatic hydroxyl groups excluding tert-OH is 5. The van der Waals surface area contributed by atoms with Crippen LogP contribution in [-0.2, 0) is 84.7 Å². The third kappa shape index (κ3) is 49.7. The molecule has 0 spiro atoms. The maximum atomic E-state index is 11.9. The van der Waals surface area contributed by atoms with Crippen LogP contribution in [0.25, 0.3) is 41.8 Å². The molecule has 0 radical (unpaired) electrons. The van der Waals surface area contributed by atoms with Gasteiger partial charge in [0.1, 0.15) is 29.5 Å². The van der Waals surface area contributed by atoms with Crippen LogP contribution in [0.5, 0.6) is 0 Å². The van der Waals surface area contributed by atoms with Crippen molar-refractivity contribution in [1.29, 1.82) is 0 Å². The third-order valence-electron chi connectivity index (χ3n) is 23.1. The standard InChI is InChI=1S/C16H30N2O5.C14H30O7S2Si.C12H24N6OSi.C12H26O3Si.C12H24OSi.C6H10N6O.C6H10O.CH3.4O.Ru/c1-15(2,3)22-13(20)17-10-8-7-9-11(19)12(10)18-14(21)23-16(4,5)6;1-14(2,3)24(6,7)21-12-10-8-9-11(19-22(4,15)16)13(12)20-23(5,17)18;1-12(2,3)20(4,5)19-10-8-6-7-9(15-17-13)11(10)16-18-14;1-12(2,3)16(4,5)15-10-8-6-7-9(13)11(10)14;1-12(2,3)14(4,5)13-11-9-7-6-8-10-11;7-11-9-4-2-1-3-5(13)6(4)10-12-8;7-6-4-2-1-3-5-6;;;;;;/h10-12,19H,7-9H2,1-6H3,(H,17,20)(H,18,21);11-13H,8-10H2,1-7H3;9-11H,6-8H2,1-5H3;9-11,13-14H,6-8H2,1-5H3;7,9,11H,6,8,10H2,1-5H3;4-6,13H,1-3H2;2,4,6-7H,1,3,5H2;1H3;;;;;/q;;;;;;;-1;;;;;/t10-,11+,12-;11-,12-,13-;9-,10+,11-;9-,10-,11-;11-;4-,5+,6-;;;;;;;/m101011......./s1. The SMILES string of the molecule is CC(C)(C)OC(=O)N[C@H]1[C@@H](O)CCC[C@H]1NC(=O)OC(C)(C)C.CC(C)(C)[Si](C)(C)O[C@@H]1C=CCCC1.CC(C)(C)[Si](C)(C)O[C@H]1CCC[C@@H](N=[N+]=[N-])[C@H]1N=[N+]=[N-].CC(C)(C)[Si](C)(C)O[C@H]1CCC[C@H](O)[C@@H]1O.CC(C)(C)[Si](C)(C)O[C@H]1CCC[C@H](OS(C)(=O)=O)[C@@H]1OS(C)(=O)=O.OC1C=CCCC1.[CH3-].[N-]=[N+]=N[C@H]1[C@@H](O)CCC[C@H]1N=[N+]=[N-].[O]=[Ru](=[O])(=[O])=[O]. The van der Waals surface area contributed by atoms with E-state index in [-0.39, 0.29) is 46.9 Å². The molecule has 0 aromatic rings. The summed E-state index contributed by atoms with van der Waals surface area (Å²) in [4.78, 5) is 34.9. The molecule has 7 aliphatic carbocycles. The fraction of sp³-hybridized carbons (Fsp3) is 0.911. The summed E-state index contributed by atoms with van der Waals surface area (Å²) in [5.74, 6) is 0. The summed E-state index contributed by atoms with van der Waals surface area (Å²) in [6.07, 6.45) is 21.8. The van der Waals surface area contributed by atoms with E-state index in [1.54, 1.807) is 41.5 Å². The minimum absolute atomic E-state index is 0. The van der Waals surface area contributed by atoms with Crippen LogP contribution in [0.15, 0.2) is 44.8 Å². The summed E-state index contributed by atoms with van der Waals surface area (Å²) in [5, 5.41) is 68.4. The van der Waals surface area contributed by atoms with E-state index in [1.165, 1.54) is 19.3 Å². The Morgan fingerprint density at radius 1 is 0.423 bits per heavy atom. The number of alkyl carbamates (subject to hydrolysis) is 2. The predicted octanol–water partition coefficient (Wildman–Crippen LogP) is 18.8. The number of azide groups is 4. The average molecular weight is 1950 g/mol. The van der Waals surface area contributed by atoms with Gasteiger partial charge in [0.25, 0.3) is 20.2 Å². The predicted molar refractivity (Wildman–Crippen MR) is 480 cm³/mol. The third-order valence-corrected chi connectivity index (χ3v) is 42.3. The molecule has 718 valence electrons. The molecule has 5 fully saturated rings. The average Bonchev–Trinajstić information content (AvgIpc) is 0.807. The van der Waals surface area contributed by atoms with Gasteiger partial charge >= 0.3 is 41.1 Å². The molecule has 1 unspecified atom stereocenters. The first kappa shape index (κ1) is 120. The number of allylic oxidation sites excluding steroid dienone is 2. The van der Waals surface area contributed by atoms with Crippen molar-refractivity contribution in [3.63, 3.8) is 0 Å². The van der Waals surface area contributed by atoms with Crippen molar-refractivity contribution >= 4 is 65.7 Å². The van der Waals surface area contributed by atoms with E-state index in [4.69, 9.17) is 77.1 Å². The number of carbonyl (C=O) groups excluding carboxylic acids is 2. The van der Waals surface area contributed by atoms with Gasteiger partial charge in [-0.15, -0.1) is 0 Å². The van der Waals surface area contributed by atoms with Gasteiger partial charge in [-0.1, -0.05) is 141 Å². The zero-order chi connectivity index (χ0) is 94.9. The normalized spacial score (nSPS) is 27.2. The second-order valence-electron chi connectivity index (χ2n) is 40.1. The zero-order valence-corrected chi connectivity index (χ0v) is 86.5. The first-order chi connectivity index (χ1) is 55.3. The molecule has 0 aliphatic heterocycles. The van der Waals surface area contributed by atoms with Crippen LogP contribution >= 0.6 is 0 Å². The summed E-state index contributed by atoms with van der Waals surface area (Å²) in [7, 11) is -15.0. The van der Waals surface area contributed by atoms with Crippen molar-refractivity contribution in [3.8, 4) is 0 Å². The van der Waals surface area contributed by atoms with Crippen molar-refractivity contribution in [2.45, 2.75) is 447 Å². The van der Waals surface area contributed by atoms with Gasteiger partial charge in [-0.25, -0.2) is 9.59 Å². The Morgan fingerprint density at radius 2 is 0.772 bits per heavy atom. The Balaban J connectivity index is 0. The van der Waals surface area contributed by atoms with Gasteiger partial charge in [-0.3, -0.25) is 8.37 Å². The molecule has 0 aromatic carbocycles. The molecule has 7 N–H and O–H groups in total. The van der Waals surface area contributed by atoms with E-state index in [9.17, 15) is 46.9 Å². The van der Waals surface area contributed by atoms with Gasteiger partial charge in [0, 0.05) is 31.7 Å². The second kappa shape index (κ2) is 52.9. The second-order valence-corrected chi connectivity index (χ2v) is 64.1. The van der Waals surface area contributed by atoms with Gasteiger partial charge < -0.3 is 70.8 Å². The number of amides is 2. The summed E-state index contributed by atoms with van der Waals surface area (Å²) in [6.45, 7) is 54.3. The maximum absolute atomic E-state index is 11.9. The number of hydrogen-bond donors (Lipinski definition) is 7. The molecule has 0 aromatic heterocycles. The van der Waals surface area contributed by atoms with Crippen molar-refractivity contribution in [2.75, 3.05) is 12.5 Å². The van der Waals surface area contributed by atoms with Gasteiger partial charge in [0.2, 0.25) is 0 Å². The summed E-state index contributed by atoms with van der Waals surface area (Å²) in [5.41, 5.74) is 32.6. The molecule has 123 heavy (non-hydrogen) atoms. The molecule has 37 nitrogen and oxygen atoms in total. The number of carbonyl (C=O) groups is 2. The number of ether oxygens (including phenoxy) is 2. The van der Waals surface area contributed by atoms with E-state index in [0.717, 1.165) is 76.7 Å². The molecular weight excluding hydrogens is 1790 g/mol. The van der Waals surface area contributed by atoms with Crippen molar-refractivity contribution in [3.05, 3.63) is 73.5 Å². The zero-order valence-electron chi connectivity index (χ0n) is 79.1. The van der Waals surface area contributed by atoms with E-state index in [2.05, 4.69) is 198 Å². The van der Waals surface area contributed by atoms with Crippen molar-refractivity contribution in [2.24, 2.45) is 20.5 Å². The number of hydrogen-bond acceptors (Lipinski definition) is 27. The monoisotopic (exact) mass is 1950 g/mol. The number of aliphatic hydroxyl groups is 5. The van der Waals surface area contributed by atoms with Gasteiger partial charge in [0.05, 0.1) is 85.5 Å². The topological polar surface area (TPSA) is 565 Å². The minimum atomic E-state index is -5.86. The van der Waals surface area contributed by atoms with Gasteiger partial charge in [-0.2, -0.15) is 16.8 Å². The van der Waals surface area contributed by atoms with Crippen molar-refractivity contribution < 1.29 is 116 Å². The quantitative estimate of drug-likeness (QED) is 0.0127. The van der Waals surface area contributed by atoms with Crippen LogP contribution in [0.2, 0.25) is 72.5 Å². The Morgan fingerprint density at radius 3 is 1.18 bits per heavy atom. The van der Waals surface area contributed by atoms with E-state index in [0.29, 0.717) is 62.5 Å². The molecule has 0 saturated heterocycles. The fourth-order valence-electron chi connectivity index (χ4n) is 12.6. The number of nitrogens with one attached hydrogen (secondary N) is 2. The number of rotatable bonds is 18. The van der Waals surface area contributed by atoms with Crippen LogP contribution in [0, 0.1) is 7.43 Å². The van der Waals surface area contributed by atoms with Crippen LogP contribution < -0.4 is 10.6 Å². The van der Waals surface area contributed by atoms with Gasteiger partial charge in [-0.05, 0) is 258 Å². The Hall–Kier alpha value is -4.59. The summed E-state index contributed by atoms with van der Waals surface area (Å²) >= 11 is -5.86. The molecule has 7 rings (SSSR count). The first-order valence-electron chi connectivity index (χ1n) is 42.2. The van der Waals surface area contributed by atoms with E-state index < -0.39 is 164 Å². The van der Waals surface area contributed by atoms with Crippen LogP contribution in [0.4, 0.5) is 9.59 Å². The van der Waals surface area contributed by atoms with Crippen LogP contribution in [0.3, 0.4) is 0 Å². The number of nitrogens with zero attached hydrogens (tertiary/aromatic N) is 12. The van der Waals surface area contributed by atoms with Gasteiger partial charge in [0.15, 0.2) is 33.3 Å². The summed E-state index contributed by atoms with van der Waals surface area (Å²) < 4.78 is 127. The molecule has 44 heteroatoms. The van der Waals surface area contributed by atoms with E-state index in [1.807, 2.05) is 12.2 Å².